The van der Waals surface area contributed by atoms with E-state index in [1.54, 1.807) is 18.3 Å². The highest BCUT2D eigenvalue weighted by molar-refractivity contribution is 5.53. The molecular formula is C10H11N3O2. The SMILES string of the molecule is COc1cccn2c(=O)cc(CN)nc12. The summed E-state index contributed by atoms with van der Waals surface area (Å²) in [6, 6.07) is 4.91. The monoisotopic (exact) mass is 205 g/mol. The van der Waals surface area contributed by atoms with Crippen molar-refractivity contribution < 1.29 is 4.74 Å². The van der Waals surface area contributed by atoms with Crippen LogP contribution >= 0.6 is 0 Å². The van der Waals surface area contributed by atoms with E-state index in [1.165, 1.54) is 17.6 Å². The molecule has 5 nitrogen and oxygen atoms in total. The Labute approximate surface area is 86.1 Å². The third-order valence-corrected chi connectivity index (χ3v) is 2.14. The zero-order valence-corrected chi connectivity index (χ0v) is 8.30. The van der Waals surface area contributed by atoms with Crippen LogP contribution < -0.4 is 16.0 Å². The fourth-order valence-corrected chi connectivity index (χ4v) is 1.41. The van der Waals surface area contributed by atoms with Gasteiger partial charge in [-0.25, -0.2) is 4.98 Å². The van der Waals surface area contributed by atoms with Gasteiger partial charge < -0.3 is 10.5 Å². The molecule has 0 spiro atoms. The van der Waals surface area contributed by atoms with Gasteiger partial charge in [-0.2, -0.15) is 0 Å². The van der Waals surface area contributed by atoms with Crippen LogP contribution in [0.5, 0.6) is 5.75 Å². The van der Waals surface area contributed by atoms with Crippen LogP contribution in [-0.4, -0.2) is 16.5 Å². The van der Waals surface area contributed by atoms with E-state index in [0.29, 0.717) is 17.1 Å². The molecule has 2 heterocycles. The van der Waals surface area contributed by atoms with Crippen LogP contribution in [0.25, 0.3) is 5.65 Å². The zero-order chi connectivity index (χ0) is 10.8. The van der Waals surface area contributed by atoms with Gasteiger partial charge in [0.1, 0.15) is 0 Å². The number of pyridine rings is 1. The van der Waals surface area contributed by atoms with Gasteiger partial charge in [0.15, 0.2) is 11.4 Å². The van der Waals surface area contributed by atoms with Crippen molar-refractivity contribution in [2.75, 3.05) is 7.11 Å². The Hall–Kier alpha value is -1.88. The maximum Gasteiger partial charge on any atom is 0.258 e. The minimum Gasteiger partial charge on any atom is -0.493 e. The number of ether oxygens (including phenoxy) is 1. The highest BCUT2D eigenvalue weighted by atomic mass is 16.5. The van der Waals surface area contributed by atoms with Gasteiger partial charge in [0, 0.05) is 18.8 Å². The average Bonchev–Trinajstić information content (AvgIpc) is 2.28. The van der Waals surface area contributed by atoms with E-state index in [9.17, 15) is 4.79 Å². The molecule has 0 aliphatic carbocycles. The van der Waals surface area contributed by atoms with E-state index in [0.717, 1.165) is 0 Å². The molecule has 0 amide bonds. The van der Waals surface area contributed by atoms with Crippen molar-refractivity contribution >= 4 is 5.65 Å². The number of aromatic nitrogens is 2. The van der Waals surface area contributed by atoms with Crippen LogP contribution in [-0.2, 0) is 6.54 Å². The molecule has 0 atom stereocenters. The predicted molar refractivity (Wildman–Crippen MR) is 55.9 cm³/mol. The van der Waals surface area contributed by atoms with E-state index in [1.807, 2.05) is 0 Å². The van der Waals surface area contributed by atoms with Gasteiger partial charge in [0.05, 0.1) is 12.8 Å². The Balaban J connectivity index is 2.85. The van der Waals surface area contributed by atoms with Crippen molar-refractivity contribution in [3.05, 3.63) is 40.4 Å². The number of fused-ring (bicyclic) bond motifs is 1. The number of rotatable bonds is 2. The number of hydrogen-bond donors (Lipinski definition) is 1. The first kappa shape index (κ1) is 9.67. The average molecular weight is 205 g/mol. The molecule has 0 aromatic carbocycles. The molecule has 0 saturated carbocycles. The summed E-state index contributed by atoms with van der Waals surface area (Å²) in [5.41, 5.74) is 6.35. The molecule has 2 N–H and O–H groups in total. The number of nitrogens with two attached hydrogens (primary N) is 1. The number of nitrogens with zero attached hydrogens (tertiary/aromatic N) is 2. The van der Waals surface area contributed by atoms with Gasteiger partial charge >= 0.3 is 0 Å². The second-order valence-corrected chi connectivity index (χ2v) is 3.06. The second kappa shape index (κ2) is 3.70. The summed E-state index contributed by atoms with van der Waals surface area (Å²) >= 11 is 0. The third-order valence-electron chi connectivity index (χ3n) is 2.14. The first-order valence-electron chi connectivity index (χ1n) is 4.51. The van der Waals surface area contributed by atoms with Crippen molar-refractivity contribution in [2.24, 2.45) is 5.73 Å². The van der Waals surface area contributed by atoms with E-state index in [-0.39, 0.29) is 12.1 Å². The molecule has 2 rings (SSSR count). The fourth-order valence-electron chi connectivity index (χ4n) is 1.41. The van der Waals surface area contributed by atoms with Crippen LogP contribution in [0.1, 0.15) is 5.69 Å². The van der Waals surface area contributed by atoms with Crippen LogP contribution in [0.3, 0.4) is 0 Å². The maximum absolute atomic E-state index is 11.6. The van der Waals surface area contributed by atoms with Crippen molar-refractivity contribution in [3.8, 4) is 5.75 Å². The molecular weight excluding hydrogens is 194 g/mol. The molecule has 0 bridgehead atoms. The molecule has 0 aliphatic heterocycles. The van der Waals surface area contributed by atoms with Crippen LogP contribution in [0.4, 0.5) is 0 Å². The van der Waals surface area contributed by atoms with E-state index < -0.39 is 0 Å². The van der Waals surface area contributed by atoms with Gasteiger partial charge in [-0.3, -0.25) is 9.20 Å². The van der Waals surface area contributed by atoms with Crippen molar-refractivity contribution in [3.63, 3.8) is 0 Å². The molecule has 2 aromatic heterocycles. The number of hydrogen-bond acceptors (Lipinski definition) is 4. The molecule has 5 heteroatoms. The lowest BCUT2D eigenvalue weighted by Crippen LogP contribution is -2.17. The third kappa shape index (κ3) is 1.57. The lowest BCUT2D eigenvalue weighted by Gasteiger charge is -2.06. The Morgan fingerprint density at radius 1 is 1.60 bits per heavy atom. The Bertz CT molecular complexity index is 548. The summed E-state index contributed by atoms with van der Waals surface area (Å²) in [6.07, 6.45) is 1.65. The zero-order valence-electron chi connectivity index (χ0n) is 8.30. The first-order chi connectivity index (χ1) is 7.26. The largest absolute Gasteiger partial charge is 0.493 e. The summed E-state index contributed by atoms with van der Waals surface area (Å²) in [5, 5.41) is 0. The predicted octanol–water partition coefficient (Wildman–Crippen LogP) is 0.162. The highest BCUT2D eigenvalue weighted by Crippen LogP contribution is 2.14. The molecule has 78 valence electrons. The lowest BCUT2D eigenvalue weighted by molar-refractivity contribution is 0.416. The highest BCUT2D eigenvalue weighted by Gasteiger charge is 2.05. The fraction of sp³-hybridized carbons (Fsp3) is 0.200. The van der Waals surface area contributed by atoms with Crippen LogP contribution in [0, 0.1) is 0 Å². The van der Waals surface area contributed by atoms with E-state index in [2.05, 4.69) is 4.98 Å². The molecule has 0 unspecified atom stereocenters. The van der Waals surface area contributed by atoms with Gasteiger partial charge in [0.25, 0.3) is 5.56 Å². The molecule has 0 fully saturated rings. The smallest absolute Gasteiger partial charge is 0.258 e. The van der Waals surface area contributed by atoms with Crippen molar-refractivity contribution in [1.29, 1.82) is 0 Å². The summed E-state index contributed by atoms with van der Waals surface area (Å²) in [4.78, 5) is 15.9. The second-order valence-electron chi connectivity index (χ2n) is 3.06. The quantitative estimate of drug-likeness (QED) is 0.758. The minimum absolute atomic E-state index is 0.153. The van der Waals surface area contributed by atoms with Crippen molar-refractivity contribution in [1.82, 2.24) is 9.38 Å². The molecule has 0 saturated heterocycles. The minimum atomic E-state index is -0.153. The topological polar surface area (TPSA) is 69.6 Å². The summed E-state index contributed by atoms with van der Waals surface area (Å²) in [7, 11) is 1.54. The lowest BCUT2D eigenvalue weighted by atomic mass is 10.3. The maximum atomic E-state index is 11.6. The Morgan fingerprint density at radius 3 is 3.07 bits per heavy atom. The summed E-state index contributed by atoms with van der Waals surface area (Å²) in [6.45, 7) is 0.240. The molecule has 15 heavy (non-hydrogen) atoms. The molecule has 0 aliphatic rings. The Morgan fingerprint density at radius 2 is 2.40 bits per heavy atom. The first-order valence-corrected chi connectivity index (χ1v) is 4.51. The van der Waals surface area contributed by atoms with Crippen LogP contribution in [0.2, 0.25) is 0 Å². The van der Waals surface area contributed by atoms with E-state index >= 15 is 0 Å². The van der Waals surface area contributed by atoms with E-state index in [4.69, 9.17) is 10.5 Å². The van der Waals surface area contributed by atoms with Gasteiger partial charge in [-0.05, 0) is 12.1 Å². The summed E-state index contributed by atoms with van der Waals surface area (Å²) in [5.74, 6) is 0.560. The van der Waals surface area contributed by atoms with Gasteiger partial charge in [0.2, 0.25) is 0 Å². The van der Waals surface area contributed by atoms with Crippen LogP contribution in [0.15, 0.2) is 29.2 Å². The molecule has 2 aromatic rings. The standard InChI is InChI=1S/C10H11N3O2/c1-15-8-3-2-4-13-9(14)5-7(6-11)12-10(8)13/h2-5H,6,11H2,1H3. The molecule has 0 radical (unpaired) electrons. The Kier molecular flexibility index (Phi) is 2.39. The van der Waals surface area contributed by atoms with Gasteiger partial charge in [-0.1, -0.05) is 0 Å². The number of methoxy groups -OCH3 is 1. The summed E-state index contributed by atoms with van der Waals surface area (Å²) < 4.78 is 6.55. The normalized spacial score (nSPS) is 10.5. The van der Waals surface area contributed by atoms with Gasteiger partial charge in [-0.15, -0.1) is 0 Å². The van der Waals surface area contributed by atoms with Crippen molar-refractivity contribution in [2.45, 2.75) is 6.54 Å².